The minimum Gasteiger partial charge on any atom is -0.394 e. The molecule has 0 spiro atoms. The van der Waals surface area contributed by atoms with E-state index in [0.29, 0.717) is 0 Å². The van der Waals surface area contributed by atoms with Crippen LogP contribution < -0.4 is 0 Å². The Kier molecular flexibility index (Phi) is 4.91. The van der Waals surface area contributed by atoms with Crippen LogP contribution >= 0.6 is 0 Å². The van der Waals surface area contributed by atoms with Crippen LogP contribution in [0.1, 0.15) is 0 Å². The zero-order valence-corrected chi connectivity index (χ0v) is 6.17. The molecule has 0 aliphatic rings. The average Bonchev–Trinajstić information content (AvgIpc) is 2.12. The fourth-order valence-electron chi connectivity index (χ4n) is 0.597. The molecule has 6 heteroatoms. The maximum atomic E-state index is 12.6. The monoisotopic (exact) mass is 181 g/mol. The molecule has 0 aliphatic heterocycles. The highest BCUT2D eigenvalue weighted by atomic mass is 18.2. The van der Waals surface area contributed by atoms with E-state index in [9.17, 15) is 9.18 Å². The highest BCUT2D eigenvalue weighted by Gasteiger charge is 2.31. The lowest BCUT2D eigenvalue weighted by Gasteiger charge is -2.20. The van der Waals surface area contributed by atoms with E-state index < -0.39 is 31.1 Å². The number of rotatable bonds is 5. The number of hydrogen-bond acceptors (Lipinski definition) is 5. The predicted molar refractivity (Wildman–Crippen MR) is 36.1 cm³/mol. The fraction of sp³-hybridized carbons (Fsp3) is 0.833. The van der Waals surface area contributed by atoms with Crippen LogP contribution in [0.4, 0.5) is 4.39 Å². The maximum Gasteiger partial charge on any atom is 0.157 e. The summed E-state index contributed by atoms with van der Waals surface area (Å²) in [4.78, 5) is 9.84. The molecule has 0 aromatic heterocycles. The molecule has 0 aliphatic carbocycles. The molecular formula is C6H11FO5. The number of carbonyl (C=O) groups excluding carboxylic acids is 1. The van der Waals surface area contributed by atoms with Crippen LogP contribution in [0, 0.1) is 0 Å². The minimum absolute atomic E-state index is 0.0542. The topological polar surface area (TPSA) is 98.0 Å². The Balaban J connectivity index is 4.07. The van der Waals surface area contributed by atoms with Gasteiger partial charge in [-0.15, -0.1) is 0 Å². The molecule has 0 amide bonds. The summed E-state index contributed by atoms with van der Waals surface area (Å²) < 4.78 is 12.6. The lowest BCUT2D eigenvalue weighted by molar-refractivity contribution is -0.127. The van der Waals surface area contributed by atoms with Crippen molar-refractivity contribution in [3.8, 4) is 0 Å². The smallest absolute Gasteiger partial charge is 0.157 e. The van der Waals surface area contributed by atoms with Gasteiger partial charge >= 0.3 is 0 Å². The standard InChI is InChI=1S/C6H11FO5/c7-5(3(10)1-8)6(12)4(11)2-9/h2-6,8,10-12H,1H2/t3-,4+,5+,6-/m1/s1/i7-1. The van der Waals surface area contributed by atoms with Gasteiger partial charge < -0.3 is 25.2 Å². The van der Waals surface area contributed by atoms with Gasteiger partial charge in [-0.2, -0.15) is 0 Å². The summed E-state index contributed by atoms with van der Waals surface area (Å²) in [6, 6.07) is 0. The molecule has 0 bridgehead atoms. The quantitative estimate of drug-likeness (QED) is 0.354. The normalized spacial score (nSPS) is 21.1. The van der Waals surface area contributed by atoms with Gasteiger partial charge in [0.2, 0.25) is 0 Å². The van der Waals surface area contributed by atoms with Crippen molar-refractivity contribution in [2.75, 3.05) is 6.61 Å². The Morgan fingerprint density at radius 3 is 2.17 bits per heavy atom. The predicted octanol–water partition coefficient (Wildman–Crippen LogP) is -2.40. The lowest BCUT2D eigenvalue weighted by Crippen LogP contribution is -2.43. The van der Waals surface area contributed by atoms with Gasteiger partial charge in [-0.05, 0) is 0 Å². The van der Waals surface area contributed by atoms with Gasteiger partial charge in [0.05, 0.1) is 6.61 Å². The second-order valence-electron chi connectivity index (χ2n) is 2.31. The van der Waals surface area contributed by atoms with Crippen LogP contribution in [-0.4, -0.2) is 57.8 Å². The summed E-state index contributed by atoms with van der Waals surface area (Å²) in [6.07, 6.45) is -7.99. The Labute approximate surface area is 68.1 Å². The third-order valence-corrected chi connectivity index (χ3v) is 1.37. The molecular weight excluding hydrogens is 170 g/mol. The number of hydrogen-bond donors (Lipinski definition) is 4. The Bertz CT molecular complexity index is 142. The van der Waals surface area contributed by atoms with Crippen molar-refractivity contribution in [1.29, 1.82) is 0 Å². The van der Waals surface area contributed by atoms with Gasteiger partial charge in [0.15, 0.2) is 12.5 Å². The van der Waals surface area contributed by atoms with Crippen molar-refractivity contribution in [2.45, 2.75) is 24.5 Å². The zero-order valence-electron chi connectivity index (χ0n) is 6.17. The first-order valence-corrected chi connectivity index (χ1v) is 3.29. The number of carbonyl (C=O) groups is 1. The van der Waals surface area contributed by atoms with Crippen molar-refractivity contribution in [3.63, 3.8) is 0 Å². The maximum absolute atomic E-state index is 12.6. The molecule has 0 radical (unpaired) electrons. The van der Waals surface area contributed by atoms with E-state index >= 15 is 0 Å². The van der Waals surface area contributed by atoms with E-state index in [1.807, 2.05) is 0 Å². The fourth-order valence-corrected chi connectivity index (χ4v) is 0.597. The molecule has 0 fully saturated rings. The van der Waals surface area contributed by atoms with Crippen molar-refractivity contribution >= 4 is 6.29 Å². The molecule has 0 aromatic rings. The van der Waals surface area contributed by atoms with Crippen LogP contribution in [0.25, 0.3) is 0 Å². The minimum atomic E-state index is -2.24. The zero-order chi connectivity index (χ0) is 9.72. The first-order chi connectivity index (χ1) is 5.54. The van der Waals surface area contributed by atoms with Gasteiger partial charge in [0.25, 0.3) is 0 Å². The van der Waals surface area contributed by atoms with Crippen LogP contribution in [0.5, 0.6) is 0 Å². The molecule has 0 aromatic carbocycles. The first kappa shape index (κ1) is 11.4. The van der Waals surface area contributed by atoms with E-state index in [1.165, 1.54) is 0 Å². The van der Waals surface area contributed by atoms with Gasteiger partial charge in [-0.1, -0.05) is 0 Å². The van der Waals surface area contributed by atoms with E-state index in [1.54, 1.807) is 0 Å². The van der Waals surface area contributed by atoms with Gasteiger partial charge in [-0.25, -0.2) is 4.39 Å². The largest absolute Gasteiger partial charge is 0.394 e. The summed E-state index contributed by atoms with van der Waals surface area (Å²) >= 11 is 0. The van der Waals surface area contributed by atoms with Gasteiger partial charge in [-0.3, -0.25) is 0 Å². The molecule has 4 N–H and O–H groups in total. The van der Waals surface area contributed by atoms with Crippen LogP contribution in [-0.2, 0) is 4.79 Å². The molecule has 0 unspecified atom stereocenters. The van der Waals surface area contributed by atoms with Crippen LogP contribution in [0.15, 0.2) is 0 Å². The van der Waals surface area contributed by atoms with Gasteiger partial charge in [0, 0.05) is 0 Å². The Morgan fingerprint density at radius 2 is 1.83 bits per heavy atom. The number of aliphatic hydroxyl groups is 4. The lowest BCUT2D eigenvalue weighted by atomic mass is 10.1. The Hall–Kier alpha value is -0.560. The SMILES string of the molecule is O=C[C@H](O)[C@@H](O)[C@@H]([18F])[C@H](O)CO. The van der Waals surface area contributed by atoms with E-state index in [-0.39, 0.29) is 6.29 Å². The highest BCUT2D eigenvalue weighted by molar-refractivity contribution is 5.56. The summed E-state index contributed by atoms with van der Waals surface area (Å²) in [5, 5.41) is 34.2. The van der Waals surface area contributed by atoms with Gasteiger partial charge in [0.1, 0.15) is 18.3 Å². The molecule has 12 heavy (non-hydrogen) atoms. The van der Waals surface area contributed by atoms with Crippen LogP contribution in [0.3, 0.4) is 0 Å². The summed E-state index contributed by atoms with van der Waals surface area (Å²) in [5.41, 5.74) is 0. The van der Waals surface area contributed by atoms with E-state index in [0.717, 1.165) is 0 Å². The molecule has 0 rings (SSSR count). The van der Waals surface area contributed by atoms with Crippen molar-refractivity contribution in [3.05, 3.63) is 0 Å². The highest BCUT2D eigenvalue weighted by Crippen LogP contribution is 2.07. The van der Waals surface area contributed by atoms with Crippen molar-refractivity contribution in [1.82, 2.24) is 0 Å². The Morgan fingerprint density at radius 1 is 1.33 bits per heavy atom. The number of alkyl halides is 1. The number of aldehydes is 1. The third kappa shape index (κ3) is 2.82. The number of halogens is 1. The molecule has 0 heterocycles. The molecule has 0 saturated heterocycles. The average molecular weight is 181 g/mol. The second-order valence-corrected chi connectivity index (χ2v) is 2.31. The molecule has 0 saturated carbocycles. The van der Waals surface area contributed by atoms with E-state index in [2.05, 4.69) is 0 Å². The third-order valence-electron chi connectivity index (χ3n) is 1.37. The van der Waals surface area contributed by atoms with Crippen molar-refractivity contribution < 1.29 is 29.6 Å². The molecule has 4 atom stereocenters. The summed E-state index contributed by atoms with van der Waals surface area (Å²) in [7, 11) is 0. The second kappa shape index (κ2) is 5.15. The van der Waals surface area contributed by atoms with E-state index in [4.69, 9.17) is 20.4 Å². The molecule has 5 nitrogen and oxygen atoms in total. The first-order valence-electron chi connectivity index (χ1n) is 3.29. The van der Waals surface area contributed by atoms with Crippen LogP contribution in [0.2, 0.25) is 0 Å². The summed E-state index contributed by atoms with van der Waals surface area (Å²) in [6.45, 7) is -0.885. The number of aliphatic hydroxyl groups excluding tert-OH is 4. The summed E-state index contributed by atoms with van der Waals surface area (Å²) in [5.74, 6) is 0. The van der Waals surface area contributed by atoms with Crippen molar-refractivity contribution in [2.24, 2.45) is 0 Å². The molecule has 72 valence electrons.